The molecule has 0 aliphatic carbocycles. The van der Waals surface area contributed by atoms with Gasteiger partial charge in [0.2, 0.25) is 0 Å². The van der Waals surface area contributed by atoms with Crippen molar-refractivity contribution in [3.05, 3.63) is 61.8 Å². The largest absolute Gasteiger partial charge is 0.374 e. The van der Waals surface area contributed by atoms with Crippen molar-refractivity contribution in [1.82, 2.24) is 4.98 Å². The number of nitro groups is 1. The normalized spacial score (nSPS) is 10.2. The molecule has 0 saturated carbocycles. The summed E-state index contributed by atoms with van der Waals surface area (Å²) in [7, 11) is 0. The molecule has 2 rings (SSSR count). The summed E-state index contributed by atoms with van der Waals surface area (Å²) in [5.74, 6) is 0. The van der Waals surface area contributed by atoms with E-state index in [-0.39, 0.29) is 5.69 Å². The highest BCUT2D eigenvalue weighted by molar-refractivity contribution is 9.10. The van der Waals surface area contributed by atoms with Crippen molar-refractivity contribution in [2.45, 2.75) is 6.54 Å². The highest BCUT2D eigenvalue weighted by Crippen LogP contribution is 2.28. The van der Waals surface area contributed by atoms with Crippen molar-refractivity contribution >= 4 is 38.9 Å². The summed E-state index contributed by atoms with van der Waals surface area (Å²) in [5, 5.41) is 14.2. The Balaban J connectivity index is 2.15. The Bertz CT molecular complexity index is 604. The molecule has 1 N–H and O–H groups in total. The fourth-order valence-electron chi connectivity index (χ4n) is 1.50. The third-order valence-corrected chi connectivity index (χ3v) is 3.11. The summed E-state index contributed by atoms with van der Waals surface area (Å²) >= 11 is 9.04. The third kappa shape index (κ3) is 3.65. The Kier molecular flexibility index (Phi) is 4.34. The summed E-state index contributed by atoms with van der Waals surface area (Å²) in [4.78, 5) is 14.6. The lowest BCUT2D eigenvalue weighted by Crippen LogP contribution is -2.03. The first kappa shape index (κ1) is 13.8. The van der Waals surface area contributed by atoms with Gasteiger partial charge in [-0.05, 0) is 40.2 Å². The molecular weight excluding hydrogens is 334 g/mol. The number of anilines is 1. The van der Waals surface area contributed by atoms with E-state index in [0.717, 1.165) is 10.2 Å². The SMILES string of the molecule is O=[N+]([O-])c1cc(Cl)ccc1NCc1ccc(Br)cn1. The summed E-state index contributed by atoms with van der Waals surface area (Å²) < 4.78 is 0.883. The fraction of sp³-hybridized carbons (Fsp3) is 0.0833. The number of nitro benzene ring substituents is 1. The van der Waals surface area contributed by atoms with E-state index in [9.17, 15) is 10.1 Å². The summed E-state index contributed by atoms with van der Waals surface area (Å²) in [5.41, 5.74) is 1.15. The van der Waals surface area contributed by atoms with Crippen molar-refractivity contribution < 1.29 is 4.92 Å². The molecule has 0 aliphatic rings. The van der Waals surface area contributed by atoms with E-state index < -0.39 is 4.92 Å². The van der Waals surface area contributed by atoms with E-state index in [0.29, 0.717) is 17.3 Å². The predicted octanol–water partition coefficient (Wildman–Crippen LogP) is 4.02. The fourth-order valence-corrected chi connectivity index (χ4v) is 1.90. The van der Waals surface area contributed by atoms with Gasteiger partial charge in [-0.15, -0.1) is 0 Å². The average molecular weight is 343 g/mol. The van der Waals surface area contributed by atoms with Crippen LogP contribution in [-0.4, -0.2) is 9.91 Å². The maximum absolute atomic E-state index is 10.9. The number of benzene rings is 1. The number of nitrogens with one attached hydrogen (secondary N) is 1. The second-order valence-electron chi connectivity index (χ2n) is 3.74. The van der Waals surface area contributed by atoms with Crippen molar-refractivity contribution in [3.63, 3.8) is 0 Å². The summed E-state index contributed by atoms with van der Waals surface area (Å²) in [6, 6.07) is 8.20. The monoisotopic (exact) mass is 341 g/mol. The minimum absolute atomic E-state index is 0.0513. The Morgan fingerprint density at radius 2 is 2.16 bits per heavy atom. The molecule has 2 aromatic rings. The van der Waals surface area contributed by atoms with Gasteiger partial charge in [-0.1, -0.05) is 11.6 Å². The van der Waals surface area contributed by atoms with E-state index in [4.69, 9.17) is 11.6 Å². The lowest BCUT2D eigenvalue weighted by molar-refractivity contribution is -0.383. The Morgan fingerprint density at radius 3 is 2.79 bits per heavy atom. The molecule has 7 heteroatoms. The highest BCUT2D eigenvalue weighted by Gasteiger charge is 2.13. The average Bonchev–Trinajstić information content (AvgIpc) is 2.39. The van der Waals surface area contributed by atoms with Crippen LogP contribution in [0.3, 0.4) is 0 Å². The minimum Gasteiger partial charge on any atom is -0.374 e. The summed E-state index contributed by atoms with van der Waals surface area (Å²) in [6.45, 7) is 0.399. The van der Waals surface area contributed by atoms with Gasteiger partial charge >= 0.3 is 0 Å². The highest BCUT2D eigenvalue weighted by atomic mass is 79.9. The van der Waals surface area contributed by atoms with Crippen LogP contribution in [0.5, 0.6) is 0 Å². The van der Waals surface area contributed by atoms with E-state index in [1.54, 1.807) is 18.3 Å². The first-order chi connectivity index (χ1) is 9.06. The van der Waals surface area contributed by atoms with E-state index >= 15 is 0 Å². The van der Waals surface area contributed by atoms with Crippen LogP contribution in [0, 0.1) is 10.1 Å². The van der Waals surface area contributed by atoms with Gasteiger partial charge < -0.3 is 5.32 Å². The summed E-state index contributed by atoms with van der Waals surface area (Å²) in [6.07, 6.45) is 1.67. The van der Waals surface area contributed by atoms with Crippen molar-refractivity contribution in [2.75, 3.05) is 5.32 Å². The van der Waals surface area contributed by atoms with Gasteiger partial charge in [0.25, 0.3) is 5.69 Å². The first-order valence-corrected chi connectivity index (χ1v) is 6.51. The lowest BCUT2D eigenvalue weighted by atomic mass is 10.2. The van der Waals surface area contributed by atoms with E-state index in [2.05, 4.69) is 26.2 Å². The van der Waals surface area contributed by atoms with Gasteiger partial charge in [0.15, 0.2) is 0 Å². The quantitative estimate of drug-likeness (QED) is 0.673. The molecule has 0 spiro atoms. The van der Waals surface area contributed by atoms with Crippen LogP contribution in [0.1, 0.15) is 5.69 Å². The molecule has 1 aromatic carbocycles. The zero-order chi connectivity index (χ0) is 13.8. The molecule has 0 radical (unpaired) electrons. The molecule has 0 atom stereocenters. The molecule has 1 aromatic heterocycles. The molecular formula is C12H9BrClN3O2. The first-order valence-electron chi connectivity index (χ1n) is 5.34. The zero-order valence-corrected chi connectivity index (χ0v) is 12.0. The molecule has 0 unspecified atom stereocenters. The van der Waals surface area contributed by atoms with Crippen molar-refractivity contribution in [2.24, 2.45) is 0 Å². The van der Waals surface area contributed by atoms with Gasteiger partial charge in [-0.25, -0.2) is 0 Å². The molecule has 1 heterocycles. The van der Waals surface area contributed by atoms with Crippen molar-refractivity contribution in [3.8, 4) is 0 Å². The minimum atomic E-state index is -0.469. The lowest BCUT2D eigenvalue weighted by Gasteiger charge is -2.07. The molecule has 0 amide bonds. The number of hydrogen-bond donors (Lipinski definition) is 1. The van der Waals surface area contributed by atoms with Crippen LogP contribution in [0.25, 0.3) is 0 Å². The van der Waals surface area contributed by atoms with Crippen molar-refractivity contribution in [1.29, 1.82) is 0 Å². The van der Waals surface area contributed by atoms with Crippen LogP contribution < -0.4 is 5.32 Å². The maximum atomic E-state index is 10.9. The maximum Gasteiger partial charge on any atom is 0.293 e. The second kappa shape index (κ2) is 5.99. The Hall–Kier alpha value is -1.66. The van der Waals surface area contributed by atoms with Gasteiger partial charge in [0, 0.05) is 21.8 Å². The van der Waals surface area contributed by atoms with E-state index in [1.165, 1.54) is 6.07 Å². The molecule has 19 heavy (non-hydrogen) atoms. The number of aromatic nitrogens is 1. The zero-order valence-electron chi connectivity index (χ0n) is 9.64. The number of nitrogens with zero attached hydrogens (tertiary/aromatic N) is 2. The van der Waals surface area contributed by atoms with E-state index in [1.807, 2.05) is 12.1 Å². The smallest absolute Gasteiger partial charge is 0.293 e. The molecule has 0 saturated heterocycles. The van der Waals surface area contributed by atoms with Gasteiger partial charge in [-0.3, -0.25) is 15.1 Å². The Morgan fingerprint density at radius 1 is 1.37 bits per heavy atom. The van der Waals surface area contributed by atoms with Gasteiger partial charge in [-0.2, -0.15) is 0 Å². The standard InChI is InChI=1S/C12H9BrClN3O2/c13-8-1-3-10(15-6-8)7-16-11-4-2-9(14)5-12(11)17(18)19/h1-6,16H,7H2. The Labute approximate surface area is 122 Å². The molecule has 0 fully saturated rings. The van der Waals surface area contributed by atoms with Crippen LogP contribution in [0.2, 0.25) is 5.02 Å². The van der Waals surface area contributed by atoms with Crippen LogP contribution in [-0.2, 0) is 6.54 Å². The molecule has 0 aliphatic heterocycles. The van der Waals surface area contributed by atoms with Crippen LogP contribution in [0.4, 0.5) is 11.4 Å². The predicted molar refractivity (Wildman–Crippen MR) is 77.4 cm³/mol. The van der Waals surface area contributed by atoms with Crippen LogP contribution in [0.15, 0.2) is 41.0 Å². The van der Waals surface area contributed by atoms with Gasteiger partial charge in [0.1, 0.15) is 5.69 Å². The number of halogens is 2. The topological polar surface area (TPSA) is 68.1 Å². The molecule has 5 nitrogen and oxygen atoms in total. The third-order valence-electron chi connectivity index (χ3n) is 2.41. The number of hydrogen-bond acceptors (Lipinski definition) is 4. The number of pyridine rings is 1. The van der Waals surface area contributed by atoms with Gasteiger partial charge in [0.05, 0.1) is 17.2 Å². The molecule has 98 valence electrons. The second-order valence-corrected chi connectivity index (χ2v) is 5.09. The van der Waals surface area contributed by atoms with Crippen LogP contribution >= 0.6 is 27.5 Å². The molecule has 0 bridgehead atoms. The number of rotatable bonds is 4.